The van der Waals surface area contributed by atoms with Crippen LogP contribution < -0.4 is 0 Å². The quantitative estimate of drug-likeness (QED) is 0.886. The van der Waals surface area contributed by atoms with E-state index in [0.717, 1.165) is 11.1 Å². The molecule has 0 bridgehead atoms. The zero-order valence-electron chi connectivity index (χ0n) is 11.1. The molecule has 19 heavy (non-hydrogen) atoms. The molecule has 0 radical (unpaired) electrons. The Bertz CT molecular complexity index is 602. The number of aromatic amines is 1. The predicted octanol–water partition coefficient (Wildman–Crippen LogP) is 2.66. The summed E-state index contributed by atoms with van der Waals surface area (Å²) in [6.45, 7) is 3.91. The van der Waals surface area contributed by atoms with Crippen LogP contribution in [0.1, 0.15) is 29.9 Å². The van der Waals surface area contributed by atoms with Crippen LogP contribution in [0.2, 0.25) is 0 Å². The first-order chi connectivity index (χ1) is 8.95. The number of nitrogens with zero attached hydrogens (tertiary/aromatic N) is 1. The second kappa shape index (κ2) is 4.85. The number of hydrogen-bond donors (Lipinski definition) is 2. The molecule has 0 aliphatic carbocycles. The third kappa shape index (κ3) is 2.51. The lowest BCUT2D eigenvalue weighted by molar-refractivity contribution is 0.0197. The molecule has 0 aliphatic rings. The average Bonchev–Trinajstić information content (AvgIpc) is 2.88. The minimum absolute atomic E-state index is 0.0695. The third-order valence-corrected chi connectivity index (χ3v) is 3.17. The molecular weight excluding hydrogens is 244 g/mol. The molecule has 0 saturated heterocycles. The van der Waals surface area contributed by atoms with Gasteiger partial charge in [0.25, 0.3) is 0 Å². The van der Waals surface area contributed by atoms with Gasteiger partial charge in [-0.05, 0) is 25.5 Å². The molecular formula is C14H16N2O3. The Morgan fingerprint density at radius 3 is 2.63 bits per heavy atom. The number of nitrogens with one attached hydrogen (secondary N) is 1. The van der Waals surface area contributed by atoms with Crippen LogP contribution in [0.15, 0.2) is 30.3 Å². The molecule has 0 fully saturated rings. The third-order valence-electron chi connectivity index (χ3n) is 3.17. The maximum Gasteiger partial charge on any atom is 0.353 e. The Kier molecular flexibility index (Phi) is 3.40. The van der Waals surface area contributed by atoms with Gasteiger partial charge in [0.2, 0.25) is 0 Å². The van der Waals surface area contributed by atoms with Crippen LogP contribution in [0.4, 0.5) is 0 Å². The Balaban J connectivity index is 2.53. The van der Waals surface area contributed by atoms with Crippen molar-refractivity contribution in [1.82, 2.24) is 10.2 Å². The van der Waals surface area contributed by atoms with Gasteiger partial charge < -0.3 is 9.84 Å². The fraction of sp³-hybridized carbons (Fsp3) is 0.286. The molecule has 0 saturated carbocycles. The van der Waals surface area contributed by atoms with Gasteiger partial charge >= 0.3 is 5.97 Å². The fourth-order valence-corrected chi connectivity index (χ4v) is 1.91. The number of benzene rings is 1. The van der Waals surface area contributed by atoms with Crippen LogP contribution in [-0.4, -0.2) is 28.4 Å². The van der Waals surface area contributed by atoms with E-state index in [-0.39, 0.29) is 5.69 Å². The maximum atomic E-state index is 10.9. The maximum absolute atomic E-state index is 10.9. The van der Waals surface area contributed by atoms with Crippen molar-refractivity contribution in [1.29, 1.82) is 0 Å². The number of carboxylic acids is 1. The molecule has 1 heterocycles. The van der Waals surface area contributed by atoms with E-state index in [1.54, 1.807) is 7.11 Å². The zero-order chi connectivity index (χ0) is 14.0. The fourth-order valence-electron chi connectivity index (χ4n) is 1.91. The highest BCUT2D eigenvalue weighted by atomic mass is 16.5. The molecule has 2 rings (SSSR count). The number of H-pyrrole nitrogens is 1. The molecule has 1 aromatic heterocycles. The number of rotatable bonds is 4. The van der Waals surface area contributed by atoms with Crippen molar-refractivity contribution in [2.45, 2.75) is 19.4 Å². The molecule has 5 nitrogen and oxygen atoms in total. The second-order valence-electron chi connectivity index (χ2n) is 4.73. The first-order valence-electron chi connectivity index (χ1n) is 5.89. The second-order valence-corrected chi connectivity index (χ2v) is 4.73. The van der Waals surface area contributed by atoms with Crippen molar-refractivity contribution >= 4 is 5.97 Å². The highest BCUT2D eigenvalue weighted by Crippen LogP contribution is 2.32. The van der Waals surface area contributed by atoms with E-state index in [1.165, 1.54) is 6.07 Å². The zero-order valence-corrected chi connectivity index (χ0v) is 11.1. The van der Waals surface area contributed by atoms with E-state index in [2.05, 4.69) is 10.2 Å². The van der Waals surface area contributed by atoms with Gasteiger partial charge in [0.15, 0.2) is 0 Å². The van der Waals surface area contributed by atoms with Crippen molar-refractivity contribution < 1.29 is 14.6 Å². The lowest BCUT2D eigenvalue weighted by Crippen LogP contribution is -2.20. The number of hydrogen-bond acceptors (Lipinski definition) is 3. The van der Waals surface area contributed by atoms with Crippen LogP contribution >= 0.6 is 0 Å². The standard InChI is InChI=1S/C14H16N2O3/c1-14(2,19-3)10-7-5-4-6-9(10)11-8-12(13(17)18)16-15-11/h4-8H,1-3H3,(H,15,16)(H,17,18). The van der Waals surface area contributed by atoms with Crippen molar-refractivity contribution in [2.24, 2.45) is 0 Å². The smallest absolute Gasteiger partial charge is 0.353 e. The van der Waals surface area contributed by atoms with Gasteiger partial charge in [-0.2, -0.15) is 5.10 Å². The SMILES string of the molecule is COC(C)(C)c1ccccc1-c1cc(C(=O)O)[nH]n1. The van der Waals surface area contributed by atoms with Gasteiger partial charge in [0, 0.05) is 12.7 Å². The normalized spacial score (nSPS) is 11.5. The molecule has 0 spiro atoms. The number of carbonyl (C=O) groups is 1. The summed E-state index contributed by atoms with van der Waals surface area (Å²) < 4.78 is 5.49. The minimum Gasteiger partial charge on any atom is -0.477 e. The van der Waals surface area contributed by atoms with Crippen LogP contribution in [0.25, 0.3) is 11.3 Å². The topological polar surface area (TPSA) is 75.2 Å². The minimum atomic E-state index is -1.03. The van der Waals surface area contributed by atoms with E-state index in [4.69, 9.17) is 9.84 Å². The molecule has 2 N–H and O–H groups in total. The predicted molar refractivity (Wildman–Crippen MR) is 71.0 cm³/mol. The van der Waals surface area contributed by atoms with Crippen molar-refractivity contribution in [3.8, 4) is 11.3 Å². The van der Waals surface area contributed by atoms with Gasteiger partial charge in [-0.1, -0.05) is 24.3 Å². The van der Waals surface area contributed by atoms with Gasteiger partial charge in [0.1, 0.15) is 5.69 Å². The summed E-state index contributed by atoms with van der Waals surface area (Å²) >= 11 is 0. The number of ether oxygens (including phenoxy) is 1. The first kappa shape index (κ1) is 13.3. The van der Waals surface area contributed by atoms with Crippen LogP contribution in [0.5, 0.6) is 0 Å². The molecule has 5 heteroatoms. The van der Waals surface area contributed by atoms with Crippen molar-refractivity contribution in [2.75, 3.05) is 7.11 Å². The summed E-state index contributed by atoms with van der Waals surface area (Å²) in [4.78, 5) is 10.9. The molecule has 0 unspecified atom stereocenters. The Morgan fingerprint density at radius 2 is 2.05 bits per heavy atom. The highest BCUT2D eigenvalue weighted by Gasteiger charge is 2.24. The van der Waals surface area contributed by atoms with E-state index in [1.807, 2.05) is 38.1 Å². The van der Waals surface area contributed by atoms with Crippen LogP contribution in [0, 0.1) is 0 Å². The number of aromatic nitrogens is 2. The number of carboxylic acid groups (broad SMARTS) is 1. The van der Waals surface area contributed by atoms with Gasteiger partial charge in [-0.15, -0.1) is 0 Å². The summed E-state index contributed by atoms with van der Waals surface area (Å²) in [7, 11) is 1.64. The summed E-state index contributed by atoms with van der Waals surface area (Å²) in [6.07, 6.45) is 0. The number of methoxy groups -OCH3 is 1. The van der Waals surface area contributed by atoms with Crippen molar-refractivity contribution in [3.05, 3.63) is 41.6 Å². The Morgan fingerprint density at radius 1 is 1.37 bits per heavy atom. The average molecular weight is 260 g/mol. The van der Waals surface area contributed by atoms with Gasteiger partial charge in [0.05, 0.1) is 11.3 Å². The summed E-state index contributed by atoms with van der Waals surface area (Å²) in [5.74, 6) is -1.03. The summed E-state index contributed by atoms with van der Waals surface area (Å²) in [5, 5.41) is 15.5. The largest absolute Gasteiger partial charge is 0.477 e. The molecule has 0 atom stereocenters. The first-order valence-corrected chi connectivity index (χ1v) is 5.89. The van der Waals surface area contributed by atoms with Crippen LogP contribution in [-0.2, 0) is 10.3 Å². The molecule has 0 amide bonds. The molecule has 100 valence electrons. The Hall–Kier alpha value is -2.14. The van der Waals surface area contributed by atoms with E-state index < -0.39 is 11.6 Å². The monoisotopic (exact) mass is 260 g/mol. The summed E-state index contributed by atoms with van der Waals surface area (Å²) in [5.41, 5.74) is 2.01. The highest BCUT2D eigenvalue weighted by molar-refractivity contribution is 5.87. The van der Waals surface area contributed by atoms with E-state index >= 15 is 0 Å². The van der Waals surface area contributed by atoms with Crippen LogP contribution in [0.3, 0.4) is 0 Å². The Labute approximate surface area is 111 Å². The summed E-state index contributed by atoms with van der Waals surface area (Å²) in [6, 6.07) is 9.18. The van der Waals surface area contributed by atoms with Crippen molar-refractivity contribution in [3.63, 3.8) is 0 Å². The lowest BCUT2D eigenvalue weighted by atomic mass is 9.91. The molecule has 1 aromatic carbocycles. The lowest BCUT2D eigenvalue weighted by Gasteiger charge is -2.25. The molecule has 2 aromatic rings. The van der Waals surface area contributed by atoms with Gasteiger partial charge in [-0.25, -0.2) is 4.79 Å². The van der Waals surface area contributed by atoms with Gasteiger partial charge in [-0.3, -0.25) is 5.10 Å². The number of aromatic carboxylic acids is 1. The van der Waals surface area contributed by atoms with E-state index in [9.17, 15) is 4.79 Å². The molecule has 0 aliphatic heterocycles. The van der Waals surface area contributed by atoms with E-state index in [0.29, 0.717) is 5.69 Å².